The SMILES string of the molecule is CCCNc1cc(Nc2cccc(OCC)c2)ncn1. The Morgan fingerprint density at radius 3 is 2.75 bits per heavy atom. The molecule has 5 nitrogen and oxygen atoms in total. The van der Waals surface area contributed by atoms with Crippen molar-refractivity contribution in [2.24, 2.45) is 0 Å². The average molecular weight is 272 g/mol. The molecule has 0 aliphatic heterocycles. The van der Waals surface area contributed by atoms with Crippen molar-refractivity contribution in [3.8, 4) is 5.75 Å². The lowest BCUT2D eigenvalue weighted by molar-refractivity contribution is 0.340. The molecule has 1 heterocycles. The van der Waals surface area contributed by atoms with Crippen molar-refractivity contribution in [1.29, 1.82) is 0 Å². The predicted molar refractivity (Wildman–Crippen MR) is 81.7 cm³/mol. The first-order valence-electron chi connectivity index (χ1n) is 6.87. The van der Waals surface area contributed by atoms with Gasteiger partial charge in [0.2, 0.25) is 0 Å². The Balaban J connectivity index is 2.07. The summed E-state index contributed by atoms with van der Waals surface area (Å²) in [6.45, 7) is 5.64. The van der Waals surface area contributed by atoms with Crippen LogP contribution in [0, 0.1) is 0 Å². The van der Waals surface area contributed by atoms with Gasteiger partial charge in [0.05, 0.1) is 6.61 Å². The van der Waals surface area contributed by atoms with Crippen molar-refractivity contribution < 1.29 is 4.74 Å². The number of nitrogens with one attached hydrogen (secondary N) is 2. The first-order chi connectivity index (χ1) is 9.81. The van der Waals surface area contributed by atoms with Gasteiger partial charge in [-0.1, -0.05) is 13.0 Å². The summed E-state index contributed by atoms with van der Waals surface area (Å²) in [6, 6.07) is 9.70. The third-order valence-corrected chi connectivity index (χ3v) is 2.64. The Kier molecular flexibility index (Phi) is 5.17. The van der Waals surface area contributed by atoms with E-state index >= 15 is 0 Å². The van der Waals surface area contributed by atoms with E-state index in [9.17, 15) is 0 Å². The molecule has 0 saturated heterocycles. The van der Waals surface area contributed by atoms with Gasteiger partial charge in [0.1, 0.15) is 23.7 Å². The number of benzene rings is 1. The number of aromatic nitrogens is 2. The quantitative estimate of drug-likeness (QED) is 0.808. The highest BCUT2D eigenvalue weighted by atomic mass is 16.5. The van der Waals surface area contributed by atoms with Crippen LogP contribution in [0.1, 0.15) is 20.3 Å². The van der Waals surface area contributed by atoms with Gasteiger partial charge in [-0.3, -0.25) is 0 Å². The standard InChI is InChI=1S/C15H20N4O/c1-3-8-16-14-10-15(18-11-17-14)19-12-6-5-7-13(9-12)20-4-2/h5-7,9-11H,3-4,8H2,1-2H3,(H2,16,17,18,19). The van der Waals surface area contributed by atoms with Crippen molar-refractivity contribution in [2.75, 3.05) is 23.8 Å². The fourth-order valence-corrected chi connectivity index (χ4v) is 1.75. The molecular formula is C15H20N4O. The molecule has 0 unspecified atom stereocenters. The van der Waals surface area contributed by atoms with Crippen LogP contribution in [0.4, 0.5) is 17.3 Å². The molecule has 1 aromatic carbocycles. The van der Waals surface area contributed by atoms with Gasteiger partial charge < -0.3 is 15.4 Å². The molecule has 0 fully saturated rings. The lowest BCUT2D eigenvalue weighted by Crippen LogP contribution is -2.03. The molecule has 0 spiro atoms. The third kappa shape index (κ3) is 4.12. The Morgan fingerprint density at radius 1 is 1.10 bits per heavy atom. The lowest BCUT2D eigenvalue weighted by atomic mass is 10.3. The van der Waals surface area contributed by atoms with Crippen LogP contribution in [0.15, 0.2) is 36.7 Å². The van der Waals surface area contributed by atoms with Crippen molar-refractivity contribution >= 4 is 17.3 Å². The molecule has 2 aromatic rings. The summed E-state index contributed by atoms with van der Waals surface area (Å²) in [5.41, 5.74) is 0.941. The molecule has 2 N–H and O–H groups in total. The predicted octanol–water partition coefficient (Wildman–Crippen LogP) is 3.44. The van der Waals surface area contributed by atoms with Gasteiger partial charge in [0.25, 0.3) is 0 Å². The summed E-state index contributed by atoms with van der Waals surface area (Å²) >= 11 is 0. The van der Waals surface area contributed by atoms with E-state index in [1.165, 1.54) is 0 Å². The number of ether oxygens (including phenoxy) is 1. The second-order valence-corrected chi connectivity index (χ2v) is 4.30. The molecule has 5 heteroatoms. The number of rotatable bonds is 7. The highest BCUT2D eigenvalue weighted by Gasteiger charge is 2.00. The maximum Gasteiger partial charge on any atom is 0.135 e. The van der Waals surface area contributed by atoms with E-state index in [4.69, 9.17) is 4.74 Å². The molecule has 0 aliphatic carbocycles. The first-order valence-corrected chi connectivity index (χ1v) is 6.87. The van der Waals surface area contributed by atoms with Crippen LogP contribution < -0.4 is 15.4 Å². The monoisotopic (exact) mass is 272 g/mol. The molecule has 1 aromatic heterocycles. The van der Waals surface area contributed by atoms with E-state index in [0.717, 1.165) is 36.0 Å². The summed E-state index contributed by atoms with van der Waals surface area (Å²) in [6.07, 6.45) is 2.61. The van der Waals surface area contributed by atoms with E-state index < -0.39 is 0 Å². The average Bonchev–Trinajstić information content (AvgIpc) is 2.46. The summed E-state index contributed by atoms with van der Waals surface area (Å²) in [4.78, 5) is 8.39. The lowest BCUT2D eigenvalue weighted by Gasteiger charge is -2.09. The third-order valence-electron chi connectivity index (χ3n) is 2.64. The zero-order valence-corrected chi connectivity index (χ0v) is 11.9. The Morgan fingerprint density at radius 2 is 1.95 bits per heavy atom. The van der Waals surface area contributed by atoms with Crippen LogP contribution >= 0.6 is 0 Å². The van der Waals surface area contributed by atoms with Crippen LogP contribution in [-0.4, -0.2) is 23.1 Å². The number of nitrogens with zero attached hydrogens (tertiary/aromatic N) is 2. The van der Waals surface area contributed by atoms with Crippen molar-refractivity contribution in [3.05, 3.63) is 36.7 Å². The van der Waals surface area contributed by atoms with Crippen LogP contribution in [0.3, 0.4) is 0 Å². The van der Waals surface area contributed by atoms with Crippen molar-refractivity contribution in [2.45, 2.75) is 20.3 Å². The summed E-state index contributed by atoms with van der Waals surface area (Å²) in [5, 5.41) is 6.48. The van der Waals surface area contributed by atoms with E-state index in [-0.39, 0.29) is 0 Å². The summed E-state index contributed by atoms with van der Waals surface area (Å²) < 4.78 is 5.48. The fourth-order valence-electron chi connectivity index (χ4n) is 1.75. The normalized spacial score (nSPS) is 10.1. The molecule has 0 atom stereocenters. The van der Waals surface area contributed by atoms with Crippen LogP contribution in [0.2, 0.25) is 0 Å². The second kappa shape index (κ2) is 7.33. The zero-order valence-electron chi connectivity index (χ0n) is 11.9. The van der Waals surface area contributed by atoms with E-state index in [2.05, 4.69) is 27.5 Å². The minimum absolute atomic E-state index is 0.655. The fraction of sp³-hybridized carbons (Fsp3) is 0.333. The summed E-state index contributed by atoms with van der Waals surface area (Å²) in [5.74, 6) is 2.42. The van der Waals surface area contributed by atoms with Gasteiger partial charge in [-0.25, -0.2) is 9.97 Å². The molecule has 0 radical (unpaired) electrons. The van der Waals surface area contributed by atoms with Gasteiger partial charge >= 0.3 is 0 Å². The minimum Gasteiger partial charge on any atom is -0.494 e. The van der Waals surface area contributed by atoms with E-state index in [1.807, 2.05) is 37.3 Å². The smallest absolute Gasteiger partial charge is 0.135 e. The zero-order chi connectivity index (χ0) is 14.2. The maximum absolute atomic E-state index is 5.48. The molecule has 20 heavy (non-hydrogen) atoms. The highest BCUT2D eigenvalue weighted by molar-refractivity contribution is 5.60. The largest absolute Gasteiger partial charge is 0.494 e. The maximum atomic E-state index is 5.48. The van der Waals surface area contributed by atoms with Gasteiger partial charge in [-0.2, -0.15) is 0 Å². The number of hydrogen-bond donors (Lipinski definition) is 2. The van der Waals surface area contributed by atoms with Crippen molar-refractivity contribution in [1.82, 2.24) is 9.97 Å². The van der Waals surface area contributed by atoms with Crippen molar-refractivity contribution in [3.63, 3.8) is 0 Å². The van der Waals surface area contributed by atoms with Crippen LogP contribution in [0.25, 0.3) is 0 Å². The molecular weight excluding hydrogens is 252 g/mol. The number of hydrogen-bond acceptors (Lipinski definition) is 5. The molecule has 106 valence electrons. The highest BCUT2D eigenvalue weighted by Crippen LogP contribution is 2.21. The Hall–Kier alpha value is -2.30. The first kappa shape index (κ1) is 14.1. The van der Waals surface area contributed by atoms with Crippen LogP contribution in [-0.2, 0) is 0 Å². The summed E-state index contributed by atoms with van der Waals surface area (Å²) in [7, 11) is 0. The molecule has 0 saturated carbocycles. The van der Waals surface area contributed by atoms with Gasteiger partial charge in [0.15, 0.2) is 0 Å². The Bertz CT molecular complexity index is 545. The molecule has 0 amide bonds. The van der Waals surface area contributed by atoms with Crippen LogP contribution in [0.5, 0.6) is 5.75 Å². The van der Waals surface area contributed by atoms with Gasteiger partial charge in [0, 0.05) is 24.4 Å². The molecule has 0 aliphatic rings. The molecule has 2 rings (SSSR count). The topological polar surface area (TPSA) is 59.1 Å². The van der Waals surface area contributed by atoms with Gasteiger partial charge in [-0.05, 0) is 25.5 Å². The minimum atomic E-state index is 0.655. The number of anilines is 3. The van der Waals surface area contributed by atoms with Gasteiger partial charge in [-0.15, -0.1) is 0 Å². The second-order valence-electron chi connectivity index (χ2n) is 4.30. The van der Waals surface area contributed by atoms with E-state index in [0.29, 0.717) is 6.61 Å². The molecule has 0 bridgehead atoms. The Labute approximate surface area is 119 Å². The van der Waals surface area contributed by atoms with E-state index in [1.54, 1.807) is 6.33 Å².